The Bertz CT molecular complexity index is 527. The second kappa shape index (κ2) is 4.04. The first kappa shape index (κ1) is 10.6. The molecule has 2 N–H and O–H groups in total. The summed E-state index contributed by atoms with van der Waals surface area (Å²) in [7, 11) is 2.19. The number of nitrogens with zero attached hydrogens (tertiary/aromatic N) is 3. The van der Waals surface area contributed by atoms with E-state index in [0.29, 0.717) is 5.95 Å². The van der Waals surface area contributed by atoms with Gasteiger partial charge in [0.1, 0.15) is 0 Å². The Hall–Kier alpha value is -1.55. The number of hydrogen-bond donors (Lipinski definition) is 1. The van der Waals surface area contributed by atoms with Crippen LogP contribution in [-0.2, 0) is 6.54 Å². The van der Waals surface area contributed by atoms with Crippen LogP contribution in [0.25, 0.3) is 11.0 Å². The predicted octanol–water partition coefficient (Wildman–Crippen LogP) is 1.71. The molecule has 3 rings (SSSR count). The number of aromatic nitrogens is 2. The molecular weight excluding hydrogens is 212 g/mol. The van der Waals surface area contributed by atoms with Crippen LogP contribution < -0.4 is 5.73 Å². The van der Waals surface area contributed by atoms with E-state index in [0.717, 1.165) is 30.2 Å². The smallest absolute Gasteiger partial charge is 0.201 e. The van der Waals surface area contributed by atoms with Crippen LogP contribution >= 0.6 is 0 Å². The maximum atomic E-state index is 5.96. The molecule has 4 heteroatoms. The number of benzene rings is 1. The van der Waals surface area contributed by atoms with Crippen molar-refractivity contribution in [3.63, 3.8) is 0 Å². The van der Waals surface area contributed by atoms with Crippen molar-refractivity contribution in [3.8, 4) is 0 Å². The number of rotatable bonds is 4. The Morgan fingerprint density at radius 1 is 1.41 bits per heavy atom. The Morgan fingerprint density at radius 2 is 2.18 bits per heavy atom. The number of nitrogens with two attached hydrogens (primary N) is 1. The Kier molecular flexibility index (Phi) is 2.52. The van der Waals surface area contributed by atoms with Gasteiger partial charge < -0.3 is 15.2 Å². The minimum absolute atomic E-state index is 0.621. The van der Waals surface area contributed by atoms with Crippen LogP contribution in [0.15, 0.2) is 24.3 Å². The maximum absolute atomic E-state index is 5.96. The second-order valence-electron chi connectivity index (χ2n) is 4.82. The Balaban J connectivity index is 1.81. The normalized spacial score (nSPS) is 15.9. The van der Waals surface area contributed by atoms with Gasteiger partial charge in [0.05, 0.1) is 11.0 Å². The van der Waals surface area contributed by atoms with Crippen LogP contribution in [0.3, 0.4) is 0 Å². The molecule has 0 saturated heterocycles. The summed E-state index contributed by atoms with van der Waals surface area (Å²) in [5, 5.41) is 0. The van der Waals surface area contributed by atoms with Crippen LogP contribution in [0.5, 0.6) is 0 Å². The summed E-state index contributed by atoms with van der Waals surface area (Å²) < 4.78 is 2.11. The van der Waals surface area contributed by atoms with E-state index in [-0.39, 0.29) is 0 Å². The molecule has 0 atom stereocenters. The molecule has 0 unspecified atom stereocenters. The van der Waals surface area contributed by atoms with Gasteiger partial charge in [-0.25, -0.2) is 4.98 Å². The van der Waals surface area contributed by atoms with E-state index >= 15 is 0 Å². The molecule has 1 aliphatic rings. The quantitative estimate of drug-likeness (QED) is 0.870. The zero-order valence-corrected chi connectivity index (χ0v) is 10.1. The van der Waals surface area contributed by atoms with Gasteiger partial charge in [0.25, 0.3) is 0 Å². The molecule has 0 spiro atoms. The maximum Gasteiger partial charge on any atom is 0.201 e. The van der Waals surface area contributed by atoms with Gasteiger partial charge in [0.15, 0.2) is 0 Å². The van der Waals surface area contributed by atoms with E-state index in [1.165, 1.54) is 12.8 Å². The van der Waals surface area contributed by atoms with E-state index in [2.05, 4.69) is 27.6 Å². The Labute approximate surface area is 101 Å². The summed E-state index contributed by atoms with van der Waals surface area (Å²) in [6, 6.07) is 8.91. The summed E-state index contributed by atoms with van der Waals surface area (Å²) >= 11 is 0. The van der Waals surface area contributed by atoms with E-state index in [9.17, 15) is 0 Å². The van der Waals surface area contributed by atoms with Gasteiger partial charge in [0, 0.05) is 19.1 Å². The first-order chi connectivity index (χ1) is 8.25. The average Bonchev–Trinajstić information content (AvgIpc) is 3.11. The van der Waals surface area contributed by atoms with Gasteiger partial charge in [-0.1, -0.05) is 12.1 Å². The topological polar surface area (TPSA) is 47.1 Å². The fraction of sp³-hybridized carbons (Fsp3) is 0.462. The lowest BCUT2D eigenvalue weighted by Gasteiger charge is -2.16. The predicted molar refractivity (Wildman–Crippen MR) is 69.8 cm³/mol. The zero-order valence-electron chi connectivity index (χ0n) is 10.1. The molecule has 0 aliphatic heterocycles. The summed E-state index contributed by atoms with van der Waals surface area (Å²) in [6.07, 6.45) is 2.69. The third-order valence-corrected chi connectivity index (χ3v) is 3.53. The molecule has 0 bridgehead atoms. The lowest BCUT2D eigenvalue weighted by atomic mass is 10.3. The number of imidazole rings is 1. The van der Waals surface area contributed by atoms with Crippen molar-refractivity contribution in [3.05, 3.63) is 24.3 Å². The third kappa shape index (κ3) is 2.00. The van der Waals surface area contributed by atoms with Crippen molar-refractivity contribution in [1.82, 2.24) is 14.5 Å². The van der Waals surface area contributed by atoms with E-state index < -0.39 is 0 Å². The monoisotopic (exact) mass is 230 g/mol. The van der Waals surface area contributed by atoms with Crippen LogP contribution in [0.4, 0.5) is 5.95 Å². The van der Waals surface area contributed by atoms with Gasteiger partial charge >= 0.3 is 0 Å². The molecule has 90 valence electrons. The Morgan fingerprint density at radius 3 is 2.94 bits per heavy atom. The lowest BCUT2D eigenvalue weighted by Crippen LogP contribution is -2.25. The highest BCUT2D eigenvalue weighted by atomic mass is 15.2. The number of hydrogen-bond acceptors (Lipinski definition) is 3. The van der Waals surface area contributed by atoms with Crippen LogP contribution in [0.1, 0.15) is 12.8 Å². The molecule has 0 amide bonds. The van der Waals surface area contributed by atoms with Gasteiger partial charge in [-0.2, -0.15) is 0 Å². The number of nitrogen functional groups attached to an aromatic ring is 1. The SMILES string of the molecule is CN(CCn1c(N)nc2ccccc21)C1CC1. The van der Waals surface area contributed by atoms with Gasteiger partial charge in [-0.3, -0.25) is 0 Å². The molecule has 1 aromatic heterocycles. The number of fused-ring (bicyclic) bond motifs is 1. The molecule has 1 heterocycles. The van der Waals surface area contributed by atoms with Crippen LogP contribution in [0.2, 0.25) is 0 Å². The third-order valence-electron chi connectivity index (χ3n) is 3.53. The minimum Gasteiger partial charge on any atom is -0.369 e. The first-order valence-corrected chi connectivity index (χ1v) is 6.16. The highest BCUT2D eigenvalue weighted by Gasteiger charge is 2.25. The van der Waals surface area contributed by atoms with E-state index in [1.807, 2.05) is 18.2 Å². The van der Waals surface area contributed by atoms with Gasteiger partial charge in [-0.05, 0) is 32.0 Å². The zero-order chi connectivity index (χ0) is 11.8. The number of para-hydroxylation sites is 2. The van der Waals surface area contributed by atoms with Gasteiger partial charge in [0.2, 0.25) is 5.95 Å². The molecule has 1 saturated carbocycles. The summed E-state index contributed by atoms with van der Waals surface area (Å²) in [5.41, 5.74) is 8.08. The highest BCUT2D eigenvalue weighted by Crippen LogP contribution is 2.25. The molecule has 0 radical (unpaired) electrons. The van der Waals surface area contributed by atoms with Crippen molar-refractivity contribution in [2.24, 2.45) is 0 Å². The first-order valence-electron chi connectivity index (χ1n) is 6.16. The fourth-order valence-corrected chi connectivity index (χ4v) is 2.28. The number of likely N-dealkylation sites (N-methyl/N-ethyl adjacent to an activating group) is 1. The largest absolute Gasteiger partial charge is 0.369 e. The van der Waals surface area contributed by atoms with E-state index in [1.54, 1.807) is 0 Å². The van der Waals surface area contributed by atoms with Crippen LogP contribution in [-0.4, -0.2) is 34.1 Å². The van der Waals surface area contributed by atoms with Crippen LogP contribution in [0, 0.1) is 0 Å². The molecule has 1 aromatic carbocycles. The summed E-state index contributed by atoms with van der Waals surface area (Å²) in [6.45, 7) is 1.95. The van der Waals surface area contributed by atoms with Crippen molar-refractivity contribution in [2.75, 3.05) is 19.3 Å². The average molecular weight is 230 g/mol. The summed E-state index contributed by atoms with van der Waals surface area (Å²) in [4.78, 5) is 6.78. The molecule has 1 fully saturated rings. The summed E-state index contributed by atoms with van der Waals surface area (Å²) in [5.74, 6) is 0.621. The van der Waals surface area contributed by atoms with Crippen molar-refractivity contribution in [2.45, 2.75) is 25.4 Å². The molecular formula is C13H18N4. The molecule has 17 heavy (non-hydrogen) atoms. The van der Waals surface area contributed by atoms with Crippen molar-refractivity contribution >= 4 is 17.0 Å². The van der Waals surface area contributed by atoms with E-state index in [4.69, 9.17) is 5.73 Å². The minimum atomic E-state index is 0.621. The molecule has 1 aliphatic carbocycles. The molecule has 2 aromatic rings. The standard InChI is InChI=1S/C13H18N4/c1-16(10-6-7-10)8-9-17-12-5-3-2-4-11(12)15-13(17)14/h2-5,10H,6-9H2,1H3,(H2,14,15). The van der Waals surface area contributed by atoms with Gasteiger partial charge in [-0.15, -0.1) is 0 Å². The number of anilines is 1. The van der Waals surface area contributed by atoms with Crippen molar-refractivity contribution < 1.29 is 0 Å². The molecule has 4 nitrogen and oxygen atoms in total. The van der Waals surface area contributed by atoms with Crippen molar-refractivity contribution in [1.29, 1.82) is 0 Å². The second-order valence-corrected chi connectivity index (χ2v) is 4.82. The fourth-order valence-electron chi connectivity index (χ4n) is 2.28. The highest BCUT2D eigenvalue weighted by molar-refractivity contribution is 5.78. The lowest BCUT2D eigenvalue weighted by molar-refractivity contribution is 0.311.